The first kappa shape index (κ1) is 19.1. The van der Waals surface area contributed by atoms with Gasteiger partial charge in [-0.3, -0.25) is 0 Å². The zero-order chi connectivity index (χ0) is 20.5. The van der Waals surface area contributed by atoms with Gasteiger partial charge in [-0.15, -0.1) is 0 Å². The number of hydrogen-bond acceptors (Lipinski definition) is 0. The van der Waals surface area contributed by atoms with Gasteiger partial charge in [-0.05, 0) is 17.2 Å². The van der Waals surface area contributed by atoms with Crippen LogP contribution in [0.2, 0.25) is 0 Å². The average Bonchev–Trinajstić information content (AvgIpc) is 2.74. The molecule has 0 N–H and O–H groups in total. The Morgan fingerprint density at radius 3 is 1.55 bits per heavy atom. The van der Waals surface area contributed by atoms with Crippen LogP contribution in [0.15, 0.2) is 66.7 Å². The second-order valence-electron chi connectivity index (χ2n) is 6.82. The van der Waals surface area contributed by atoms with Gasteiger partial charge in [-0.2, -0.15) is 0 Å². The zero-order valence-electron chi connectivity index (χ0n) is 15.2. The molecule has 0 aliphatic rings. The minimum absolute atomic E-state index is 0.138. The maximum absolute atomic E-state index is 15.1. The quantitative estimate of drug-likeness (QED) is 0.265. The highest BCUT2D eigenvalue weighted by atomic mass is 19.2. The Kier molecular flexibility index (Phi) is 5.05. The van der Waals surface area contributed by atoms with Crippen molar-refractivity contribution in [3.05, 3.63) is 118 Å². The third-order valence-corrected chi connectivity index (χ3v) is 4.94. The summed E-state index contributed by atoms with van der Waals surface area (Å²) >= 11 is 0. The predicted octanol–water partition coefficient (Wildman–Crippen LogP) is 6.72. The van der Waals surface area contributed by atoms with Crippen molar-refractivity contribution in [2.75, 3.05) is 0 Å². The van der Waals surface area contributed by atoms with Gasteiger partial charge in [0.25, 0.3) is 0 Å². The molecule has 0 bridgehead atoms. The van der Waals surface area contributed by atoms with Crippen LogP contribution < -0.4 is 0 Å². The van der Waals surface area contributed by atoms with Gasteiger partial charge < -0.3 is 0 Å². The van der Waals surface area contributed by atoms with Crippen LogP contribution in [0.3, 0.4) is 0 Å². The fourth-order valence-corrected chi connectivity index (χ4v) is 3.46. The lowest BCUT2D eigenvalue weighted by atomic mass is 9.95. The lowest BCUT2D eigenvalue weighted by Gasteiger charge is -2.14. The van der Waals surface area contributed by atoms with Crippen LogP contribution in [0.25, 0.3) is 10.8 Å². The van der Waals surface area contributed by atoms with E-state index in [-0.39, 0.29) is 18.4 Å². The van der Waals surface area contributed by atoms with Crippen LogP contribution >= 0.6 is 0 Å². The Morgan fingerprint density at radius 2 is 1.00 bits per heavy atom. The molecule has 0 radical (unpaired) electrons. The molecule has 0 aliphatic heterocycles. The van der Waals surface area contributed by atoms with E-state index in [1.807, 2.05) is 0 Å². The minimum Gasteiger partial charge on any atom is -0.207 e. The van der Waals surface area contributed by atoms with Gasteiger partial charge in [-0.25, -0.2) is 22.0 Å². The van der Waals surface area contributed by atoms with Crippen molar-refractivity contribution in [2.45, 2.75) is 12.8 Å². The summed E-state index contributed by atoms with van der Waals surface area (Å²) in [5.74, 6) is -6.37. The average molecular weight is 398 g/mol. The maximum Gasteiger partial charge on any atom is 0.167 e. The second-order valence-corrected chi connectivity index (χ2v) is 6.82. The number of benzene rings is 4. The SMILES string of the molecule is Fc1cc2c(F)c(F)c(Cc3ccccc3)c(F)c2c(F)c1Cc1ccccc1. The van der Waals surface area contributed by atoms with Gasteiger partial charge in [0.05, 0.1) is 5.39 Å². The van der Waals surface area contributed by atoms with Crippen molar-refractivity contribution in [2.24, 2.45) is 0 Å². The van der Waals surface area contributed by atoms with Gasteiger partial charge in [-0.1, -0.05) is 60.7 Å². The normalized spacial score (nSPS) is 11.2. The highest BCUT2D eigenvalue weighted by Gasteiger charge is 2.26. The number of halogens is 5. The van der Waals surface area contributed by atoms with E-state index in [1.165, 1.54) is 0 Å². The fourth-order valence-electron chi connectivity index (χ4n) is 3.46. The van der Waals surface area contributed by atoms with E-state index in [2.05, 4.69) is 0 Å². The van der Waals surface area contributed by atoms with E-state index >= 15 is 8.78 Å². The molecular formula is C24H15F5. The van der Waals surface area contributed by atoms with Crippen molar-refractivity contribution in [1.29, 1.82) is 0 Å². The van der Waals surface area contributed by atoms with E-state index in [1.54, 1.807) is 60.7 Å². The van der Waals surface area contributed by atoms with Gasteiger partial charge >= 0.3 is 0 Å². The van der Waals surface area contributed by atoms with E-state index in [0.29, 0.717) is 17.2 Å². The molecule has 0 aliphatic carbocycles. The molecule has 0 fully saturated rings. The summed E-state index contributed by atoms with van der Waals surface area (Å²) in [5, 5.41) is -1.48. The molecule has 29 heavy (non-hydrogen) atoms. The monoisotopic (exact) mass is 398 g/mol. The first-order valence-corrected chi connectivity index (χ1v) is 9.01. The van der Waals surface area contributed by atoms with Crippen molar-refractivity contribution < 1.29 is 22.0 Å². The Balaban J connectivity index is 1.91. The molecular weight excluding hydrogens is 383 g/mol. The molecule has 0 atom stereocenters. The summed E-state index contributed by atoms with van der Waals surface area (Å²) in [4.78, 5) is 0. The Hall–Kier alpha value is -3.21. The van der Waals surface area contributed by atoms with Crippen molar-refractivity contribution in [3.63, 3.8) is 0 Å². The van der Waals surface area contributed by atoms with Gasteiger partial charge in [0, 0.05) is 29.4 Å². The Labute approximate surface area is 164 Å². The second kappa shape index (κ2) is 7.66. The highest BCUT2D eigenvalue weighted by molar-refractivity contribution is 5.86. The van der Waals surface area contributed by atoms with Crippen LogP contribution in [0, 0.1) is 29.1 Å². The summed E-state index contributed by atoms with van der Waals surface area (Å²) < 4.78 is 73.9. The highest BCUT2D eigenvalue weighted by Crippen LogP contribution is 2.34. The van der Waals surface area contributed by atoms with E-state index in [9.17, 15) is 13.2 Å². The molecule has 5 heteroatoms. The number of hydrogen-bond donors (Lipinski definition) is 0. The fraction of sp³-hybridized carbons (Fsp3) is 0.0833. The predicted molar refractivity (Wildman–Crippen MR) is 102 cm³/mol. The number of rotatable bonds is 4. The molecule has 0 heterocycles. The standard InChI is InChI=1S/C24H15F5/c25-19-13-17-20(21(26)16(19)11-14-7-3-1-4-8-14)22(27)18(24(29)23(17)28)12-15-9-5-2-6-10-15/h1-10,13H,11-12H2. The lowest BCUT2D eigenvalue weighted by molar-refractivity contribution is 0.489. The van der Waals surface area contributed by atoms with Crippen LogP contribution in [-0.2, 0) is 12.8 Å². The van der Waals surface area contributed by atoms with Crippen LogP contribution in [0.5, 0.6) is 0 Å². The molecule has 0 aromatic heterocycles. The van der Waals surface area contributed by atoms with E-state index in [0.717, 1.165) is 0 Å². The molecule has 0 nitrogen and oxygen atoms in total. The smallest absolute Gasteiger partial charge is 0.167 e. The minimum atomic E-state index is -1.46. The van der Waals surface area contributed by atoms with E-state index < -0.39 is 45.4 Å². The van der Waals surface area contributed by atoms with E-state index in [4.69, 9.17) is 0 Å². The maximum atomic E-state index is 15.1. The first-order chi connectivity index (χ1) is 14.0. The van der Waals surface area contributed by atoms with Crippen molar-refractivity contribution in [1.82, 2.24) is 0 Å². The molecule has 4 aromatic carbocycles. The third kappa shape index (κ3) is 3.48. The van der Waals surface area contributed by atoms with Crippen molar-refractivity contribution in [3.8, 4) is 0 Å². The van der Waals surface area contributed by atoms with Gasteiger partial charge in [0.15, 0.2) is 11.6 Å². The summed E-state index contributed by atoms with van der Waals surface area (Å²) in [6.45, 7) is 0. The summed E-state index contributed by atoms with van der Waals surface area (Å²) in [7, 11) is 0. The zero-order valence-corrected chi connectivity index (χ0v) is 15.2. The molecule has 0 unspecified atom stereocenters. The van der Waals surface area contributed by atoms with Crippen LogP contribution in [0.1, 0.15) is 22.3 Å². The lowest BCUT2D eigenvalue weighted by Crippen LogP contribution is -2.07. The third-order valence-electron chi connectivity index (χ3n) is 4.94. The first-order valence-electron chi connectivity index (χ1n) is 9.01. The van der Waals surface area contributed by atoms with Gasteiger partial charge in [0.1, 0.15) is 17.5 Å². The molecule has 0 spiro atoms. The summed E-state index contributed by atoms with van der Waals surface area (Å²) in [5.41, 5.74) is 0.171. The Morgan fingerprint density at radius 1 is 0.517 bits per heavy atom. The van der Waals surface area contributed by atoms with Crippen LogP contribution in [-0.4, -0.2) is 0 Å². The molecule has 0 saturated carbocycles. The topological polar surface area (TPSA) is 0 Å². The van der Waals surface area contributed by atoms with Gasteiger partial charge in [0.2, 0.25) is 0 Å². The molecule has 4 rings (SSSR count). The molecule has 0 amide bonds. The molecule has 4 aromatic rings. The van der Waals surface area contributed by atoms with Crippen molar-refractivity contribution >= 4 is 10.8 Å². The molecule has 0 saturated heterocycles. The summed E-state index contributed by atoms with van der Waals surface area (Å²) in [6.07, 6.45) is -0.392. The van der Waals surface area contributed by atoms with Crippen LogP contribution in [0.4, 0.5) is 22.0 Å². The largest absolute Gasteiger partial charge is 0.207 e. The Bertz CT molecular complexity index is 1180. The summed E-state index contributed by atoms with van der Waals surface area (Å²) in [6, 6.07) is 17.5. The molecule has 146 valence electrons. The number of fused-ring (bicyclic) bond motifs is 1.